The van der Waals surface area contributed by atoms with Gasteiger partial charge in [-0.2, -0.15) is 0 Å². The van der Waals surface area contributed by atoms with Crippen molar-refractivity contribution in [3.8, 4) is 0 Å². The van der Waals surface area contributed by atoms with Gasteiger partial charge >= 0.3 is 0 Å². The second-order valence-electron chi connectivity index (χ2n) is 15.9. The number of rotatable bonds is 9. The SMILES string of the molecule is CC(C)c1cccc(C(C)(C)C)c1N(CCN(c1c(C(C)C)cccc1C(C)(C)C)[Si](C)(C)C)[Si](C)(C)C. The van der Waals surface area contributed by atoms with Crippen molar-refractivity contribution in [2.24, 2.45) is 0 Å². The van der Waals surface area contributed by atoms with Crippen LogP contribution in [0.4, 0.5) is 11.4 Å². The van der Waals surface area contributed by atoms with Crippen molar-refractivity contribution in [1.82, 2.24) is 0 Å². The van der Waals surface area contributed by atoms with Gasteiger partial charge in [-0.25, -0.2) is 0 Å². The van der Waals surface area contributed by atoms with Crippen LogP contribution in [-0.4, -0.2) is 29.6 Å². The average Bonchev–Trinajstić information content (AvgIpc) is 2.72. The van der Waals surface area contributed by atoms with Crippen LogP contribution in [0.3, 0.4) is 0 Å². The molecule has 0 bridgehead atoms. The Balaban J connectivity index is 2.77. The zero-order chi connectivity index (χ0) is 29.4. The topological polar surface area (TPSA) is 6.48 Å². The van der Waals surface area contributed by atoms with Crippen LogP contribution in [0.15, 0.2) is 36.4 Å². The average molecular weight is 553 g/mol. The van der Waals surface area contributed by atoms with E-state index in [4.69, 9.17) is 0 Å². The smallest absolute Gasteiger partial charge is 0.147 e. The zero-order valence-electron chi connectivity index (χ0n) is 27.9. The lowest BCUT2D eigenvalue weighted by Gasteiger charge is -2.46. The van der Waals surface area contributed by atoms with Crippen molar-refractivity contribution in [3.63, 3.8) is 0 Å². The maximum Gasteiger partial charge on any atom is 0.147 e. The molecule has 0 aliphatic rings. The molecule has 2 aromatic rings. The molecule has 0 heterocycles. The highest BCUT2D eigenvalue weighted by Gasteiger charge is 2.35. The molecule has 0 N–H and O–H groups in total. The highest BCUT2D eigenvalue weighted by atomic mass is 28.3. The van der Waals surface area contributed by atoms with E-state index in [2.05, 4.69) is 154 Å². The van der Waals surface area contributed by atoms with Crippen molar-refractivity contribution in [2.45, 2.75) is 131 Å². The van der Waals surface area contributed by atoms with Gasteiger partial charge in [0.25, 0.3) is 0 Å². The molecular formula is C34H60N2Si2. The molecule has 0 fully saturated rings. The van der Waals surface area contributed by atoms with Crippen LogP contribution in [0.1, 0.15) is 103 Å². The van der Waals surface area contributed by atoms with Gasteiger partial charge in [0.05, 0.1) is 0 Å². The van der Waals surface area contributed by atoms with Crippen molar-refractivity contribution >= 4 is 27.8 Å². The number of para-hydroxylation sites is 2. The summed E-state index contributed by atoms with van der Waals surface area (Å²) in [5, 5.41) is 0. The monoisotopic (exact) mass is 552 g/mol. The molecule has 2 aromatic carbocycles. The second kappa shape index (κ2) is 11.5. The maximum atomic E-state index is 2.87. The summed E-state index contributed by atoms with van der Waals surface area (Å²) < 4.78 is 5.73. The second-order valence-corrected chi connectivity index (χ2v) is 25.7. The summed E-state index contributed by atoms with van der Waals surface area (Å²) in [6.07, 6.45) is 0. The first-order chi connectivity index (χ1) is 17.1. The molecule has 214 valence electrons. The van der Waals surface area contributed by atoms with E-state index in [9.17, 15) is 0 Å². The molecule has 2 rings (SSSR count). The summed E-state index contributed by atoms with van der Waals surface area (Å²) in [7, 11) is -3.41. The van der Waals surface area contributed by atoms with Crippen LogP contribution >= 0.6 is 0 Å². The summed E-state index contributed by atoms with van der Waals surface area (Å²) in [4.78, 5) is 0. The third kappa shape index (κ3) is 7.56. The van der Waals surface area contributed by atoms with E-state index in [1.165, 1.54) is 33.6 Å². The van der Waals surface area contributed by atoms with Gasteiger partial charge in [-0.05, 0) is 44.9 Å². The predicted octanol–water partition coefficient (Wildman–Crippen LogP) is 10.5. The van der Waals surface area contributed by atoms with Crippen molar-refractivity contribution in [2.75, 3.05) is 22.2 Å². The Hall–Kier alpha value is -1.53. The van der Waals surface area contributed by atoms with E-state index in [0.717, 1.165) is 13.1 Å². The highest BCUT2D eigenvalue weighted by Crippen LogP contribution is 2.42. The Morgan fingerprint density at radius 2 is 0.842 bits per heavy atom. The van der Waals surface area contributed by atoms with E-state index >= 15 is 0 Å². The van der Waals surface area contributed by atoms with Crippen LogP contribution in [0.2, 0.25) is 39.3 Å². The van der Waals surface area contributed by atoms with E-state index in [1.54, 1.807) is 0 Å². The number of benzene rings is 2. The van der Waals surface area contributed by atoms with Gasteiger partial charge in [0.2, 0.25) is 0 Å². The van der Waals surface area contributed by atoms with E-state index < -0.39 is 16.5 Å². The van der Waals surface area contributed by atoms with E-state index in [0.29, 0.717) is 11.8 Å². The minimum Gasteiger partial charge on any atom is -0.396 e. The fourth-order valence-electron chi connectivity index (χ4n) is 5.63. The molecule has 0 saturated heterocycles. The van der Waals surface area contributed by atoms with Gasteiger partial charge in [0.15, 0.2) is 0 Å². The Morgan fingerprint density at radius 3 is 1.05 bits per heavy atom. The summed E-state index contributed by atoms with van der Waals surface area (Å²) in [5.41, 5.74) is 9.19. The van der Waals surface area contributed by atoms with Crippen molar-refractivity contribution in [3.05, 3.63) is 58.7 Å². The molecule has 0 aliphatic heterocycles. The first kappa shape index (κ1) is 32.7. The molecular weight excluding hydrogens is 493 g/mol. The Morgan fingerprint density at radius 1 is 0.553 bits per heavy atom. The number of anilines is 2. The van der Waals surface area contributed by atoms with Gasteiger partial charge in [-0.1, -0.05) is 145 Å². The summed E-state index contributed by atoms with van der Waals surface area (Å²) >= 11 is 0. The van der Waals surface area contributed by atoms with E-state index in [1.807, 2.05) is 0 Å². The lowest BCUT2D eigenvalue weighted by Crippen LogP contribution is -2.55. The minimum atomic E-state index is -1.71. The number of hydrogen-bond donors (Lipinski definition) is 0. The molecule has 0 amide bonds. The molecule has 0 aromatic heterocycles. The molecule has 0 radical (unpaired) electrons. The molecule has 4 heteroatoms. The molecule has 0 atom stereocenters. The van der Waals surface area contributed by atoms with Crippen molar-refractivity contribution in [1.29, 1.82) is 0 Å². The van der Waals surface area contributed by atoms with Crippen LogP contribution in [0, 0.1) is 0 Å². The van der Waals surface area contributed by atoms with Crippen LogP contribution in [-0.2, 0) is 10.8 Å². The Kier molecular flexibility index (Phi) is 9.92. The standard InChI is InChI=1S/C34H60N2Si2/c1-25(2)27-19-17-21-29(33(5,6)7)31(27)35(37(11,12)13)23-24-36(38(14,15)16)32-28(26(3)4)20-18-22-30(32)34(8,9)10/h17-22,25-26H,23-24H2,1-16H3. The van der Waals surface area contributed by atoms with Gasteiger partial charge in [-0.3, -0.25) is 0 Å². The van der Waals surface area contributed by atoms with Crippen LogP contribution in [0.25, 0.3) is 0 Å². The molecule has 0 unspecified atom stereocenters. The van der Waals surface area contributed by atoms with E-state index in [-0.39, 0.29) is 10.8 Å². The third-order valence-corrected chi connectivity index (χ3v) is 11.8. The largest absolute Gasteiger partial charge is 0.396 e. The molecule has 0 saturated carbocycles. The first-order valence-electron chi connectivity index (χ1n) is 14.9. The van der Waals surface area contributed by atoms with Crippen LogP contribution in [0.5, 0.6) is 0 Å². The summed E-state index contributed by atoms with van der Waals surface area (Å²) in [6.45, 7) is 41.0. The van der Waals surface area contributed by atoms with Crippen molar-refractivity contribution < 1.29 is 0 Å². The normalized spacial score (nSPS) is 13.4. The summed E-state index contributed by atoms with van der Waals surface area (Å²) in [6, 6.07) is 14.1. The first-order valence-corrected chi connectivity index (χ1v) is 21.8. The van der Waals surface area contributed by atoms with Crippen LogP contribution < -0.4 is 9.13 Å². The Bertz CT molecular complexity index is 986. The molecule has 0 aliphatic carbocycles. The molecule has 38 heavy (non-hydrogen) atoms. The molecule has 2 nitrogen and oxygen atoms in total. The van der Waals surface area contributed by atoms with Gasteiger partial charge < -0.3 is 9.13 Å². The number of hydrogen-bond acceptors (Lipinski definition) is 2. The lowest BCUT2D eigenvalue weighted by molar-refractivity contribution is 0.586. The zero-order valence-corrected chi connectivity index (χ0v) is 29.9. The maximum absolute atomic E-state index is 2.87. The third-order valence-electron chi connectivity index (χ3n) is 7.70. The quantitative estimate of drug-likeness (QED) is 0.285. The lowest BCUT2D eigenvalue weighted by atomic mass is 9.82. The Labute approximate surface area is 239 Å². The fraction of sp³-hybridized carbons (Fsp3) is 0.647. The minimum absolute atomic E-state index is 0.0975. The van der Waals surface area contributed by atoms with Gasteiger partial charge in [0.1, 0.15) is 16.5 Å². The fourth-order valence-corrected chi connectivity index (χ4v) is 9.02. The van der Waals surface area contributed by atoms with Gasteiger partial charge in [0, 0.05) is 24.5 Å². The highest BCUT2D eigenvalue weighted by molar-refractivity contribution is 6.80. The predicted molar refractivity (Wildman–Crippen MR) is 180 cm³/mol. The number of nitrogens with zero attached hydrogens (tertiary/aromatic N) is 2. The molecule has 0 spiro atoms. The summed E-state index contributed by atoms with van der Waals surface area (Å²) in [5.74, 6) is 0.988. The van der Waals surface area contributed by atoms with Gasteiger partial charge in [-0.15, -0.1) is 0 Å².